The van der Waals surface area contributed by atoms with Gasteiger partial charge in [0.05, 0.1) is 17.9 Å². The second-order valence-corrected chi connectivity index (χ2v) is 8.63. The van der Waals surface area contributed by atoms with Gasteiger partial charge in [-0.1, -0.05) is 0 Å². The quantitative estimate of drug-likeness (QED) is 0.849. The molecule has 0 radical (unpaired) electrons. The van der Waals surface area contributed by atoms with Gasteiger partial charge >= 0.3 is 5.97 Å². The van der Waals surface area contributed by atoms with E-state index in [1.807, 2.05) is 19.1 Å². The first-order valence-electron chi connectivity index (χ1n) is 6.03. The lowest BCUT2D eigenvalue weighted by Gasteiger charge is -2.23. The Bertz CT molecular complexity index is 578. The molecule has 1 aromatic rings. The van der Waals surface area contributed by atoms with E-state index >= 15 is 0 Å². The van der Waals surface area contributed by atoms with Crippen LogP contribution in [0.15, 0.2) is 12.1 Å². The largest absolute Gasteiger partial charge is 0.481 e. The number of hydrogen-bond donors (Lipinski definition) is 2. The van der Waals surface area contributed by atoms with Crippen molar-refractivity contribution in [2.45, 2.75) is 31.8 Å². The average Bonchev–Trinajstić information content (AvgIpc) is 2.81. The number of nitrogens with one attached hydrogen (secondary N) is 1. The Morgan fingerprint density at radius 3 is 2.74 bits per heavy atom. The van der Waals surface area contributed by atoms with Gasteiger partial charge in [0, 0.05) is 21.8 Å². The van der Waals surface area contributed by atoms with Crippen molar-refractivity contribution in [1.82, 2.24) is 5.32 Å². The summed E-state index contributed by atoms with van der Waals surface area (Å²) in [7, 11) is -2.91. The van der Waals surface area contributed by atoms with E-state index in [1.165, 1.54) is 11.3 Å². The van der Waals surface area contributed by atoms with E-state index in [-0.39, 0.29) is 23.5 Å². The fourth-order valence-electron chi connectivity index (χ4n) is 2.21. The summed E-state index contributed by atoms with van der Waals surface area (Å²) in [6.45, 7) is 2.50. The van der Waals surface area contributed by atoms with Crippen LogP contribution < -0.4 is 5.32 Å². The van der Waals surface area contributed by atoms with Gasteiger partial charge in [-0.3, -0.25) is 4.79 Å². The Morgan fingerprint density at radius 1 is 1.47 bits per heavy atom. The van der Waals surface area contributed by atoms with Crippen LogP contribution in [-0.2, 0) is 27.6 Å². The SMILES string of the molecule is CC1(NCc2ccc(CC(=O)O)s2)CCS(=O)(=O)C1. The molecule has 1 fully saturated rings. The highest BCUT2D eigenvalue weighted by Gasteiger charge is 2.37. The van der Waals surface area contributed by atoms with Crippen molar-refractivity contribution in [2.24, 2.45) is 0 Å². The number of thiophene rings is 1. The first-order chi connectivity index (χ1) is 8.78. The van der Waals surface area contributed by atoms with Crippen molar-refractivity contribution >= 4 is 27.1 Å². The first kappa shape index (κ1) is 14.5. The Labute approximate surface area is 116 Å². The molecule has 1 atom stereocenters. The second kappa shape index (κ2) is 5.22. The summed E-state index contributed by atoms with van der Waals surface area (Å²) in [5.74, 6) is -0.423. The van der Waals surface area contributed by atoms with E-state index in [4.69, 9.17) is 5.11 Å². The highest BCUT2D eigenvalue weighted by atomic mass is 32.2. The van der Waals surface area contributed by atoms with E-state index in [2.05, 4.69) is 5.32 Å². The number of hydrogen-bond acceptors (Lipinski definition) is 5. The number of sulfone groups is 1. The molecular formula is C12H17NO4S2. The fourth-order valence-corrected chi connectivity index (χ4v) is 5.28. The minimum Gasteiger partial charge on any atom is -0.481 e. The molecule has 2 heterocycles. The molecule has 2 rings (SSSR count). The zero-order valence-corrected chi connectivity index (χ0v) is 12.3. The highest BCUT2D eigenvalue weighted by Crippen LogP contribution is 2.24. The number of carbonyl (C=O) groups is 1. The van der Waals surface area contributed by atoms with Gasteiger partial charge in [0.25, 0.3) is 0 Å². The summed E-state index contributed by atoms with van der Waals surface area (Å²) in [4.78, 5) is 12.4. The molecule has 2 N–H and O–H groups in total. The predicted octanol–water partition coefficient (Wildman–Crippen LogP) is 1.04. The van der Waals surface area contributed by atoms with Crippen molar-refractivity contribution < 1.29 is 18.3 Å². The molecule has 0 bridgehead atoms. The molecular weight excluding hydrogens is 286 g/mol. The van der Waals surface area contributed by atoms with Gasteiger partial charge in [-0.15, -0.1) is 11.3 Å². The molecule has 19 heavy (non-hydrogen) atoms. The third kappa shape index (κ3) is 4.02. The van der Waals surface area contributed by atoms with Crippen LogP contribution in [0.2, 0.25) is 0 Å². The normalized spacial score (nSPS) is 25.5. The van der Waals surface area contributed by atoms with Crippen LogP contribution >= 0.6 is 11.3 Å². The summed E-state index contributed by atoms with van der Waals surface area (Å²) >= 11 is 1.45. The standard InChI is InChI=1S/C12H17NO4S2/c1-12(4-5-19(16,17)8-12)13-7-10-3-2-9(18-10)6-11(14)15/h2-3,13H,4-8H2,1H3,(H,14,15). The van der Waals surface area contributed by atoms with Crippen molar-refractivity contribution in [2.75, 3.05) is 11.5 Å². The zero-order valence-electron chi connectivity index (χ0n) is 10.7. The molecule has 1 saturated heterocycles. The van der Waals surface area contributed by atoms with Crippen LogP contribution in [0.25, 0.3) is 0 Å². The molecule has 0 aliphatic carbocycles. The fraction of sp³-hybridized carbons (Fsp3) is 0.583. The van der Waals surface area contributed by atoms with Crippen molar-refractivity contribution in [3.8, 4) is 0 Å². The molecule has 106 valence electrons. The molecule has 1 unspecified atom stereocenters. The maximum atomic E-state index is 11.5. The minimum absolute atomic E-state index is 0.0380. The molecule has 0 aromatic carbocycles. The van der Waals surface area contributed by atoms with Crippen LogP contribution in [0.3, 0.4) is 0 Å². The molecule has 7 heteroatoms. The van der Waals surface area contributed by atoms with Crippen molar-refractivity contribution in [1.29, 1.82) is 0 Å². The number of aliphatic carboxylic acids is 1. The molecule has 5 nitrogen and oxygen atoms in total. The zero-order chi connectivity index (χ0) is 14.1. The number of carboxylic acids is 1. The third-order valence-electron chi connectivity index (χ3n) is 3.24. The first-order valence-corrected chi connectivity index (χ1v) is 8.67. The lowest BCUT2D eigenvalue weighted by molar-refractivity contribution is -0.136. The van der Waals surface area contributed by atoms with Gasteiger partial charge in [0.1, 0.15) is 0 Å². The van der Waals surface area contributed by atoms with Gasteiger partial charge < -0.3 is 10.4 Å². The summed E-state index contributed by atoms with van der Waals surface area (Å²) in [5, 5.41) is 12.0. The molecule has 1 aliphatic rings. The maximum Gasteiger partial charge on any atom is 0.308 e. The summed E-state index contributed by atoms with van der Waals surface area (Å²) in [5.41, 5.74) is -0.365. The molecule has 0 spiro atoms. The van der Waals surface area contributed by atoms with Gasteiger partial charge in [-0.2, -0.15) is 0 Å². The highest BCUT2D eigenvalue weighted by molar-refractivity contribution is 7.91. The van der Waals surface area contributed by atoms with Crippen LogP contribution in [0.1, 0.15) is 23.1 Å². The maximum absolute atomic E-state index is 11.5. The van der Waals surface area contributed by atoms with E-state index < -0.39 is 15.8 Å². The monoisotopic (exact) mass is 303 g/mol. The Hall–Kier alpha value is -0.920. The molecule has 0 amide bonds. The van der Waals surface area contributed by atoms with Crippen molar-refractivity contribution in [3.63, 3.8) is 0 Å². The van der Waals surface area contributed by atoms with Crippen LogP contribution in [-0.4, -0.2) is 36.5 Å². The van der Waals surface area contributed by atoms with E-state index in [1.54, 1.807) is 0 Å². The Morgan fingerprint density at radius 2 is 2.16 bits per heavy atom. The number of rotatable bonds is 5. The van der Waals surface area contributed by atoms with Crippen molar-refractivity contribution in [3.05, 3.63) is 21.9 Å². The van der Waals surface area contributed by atoms with Gasteiger partial charge in [0.15, 0.2) is 9.84 Å². The van der Waals surface area contributed by atoms with E-state index in [9.17, 15) is 13.2 Å². The number of carboxylic acid groups (broad SMARTS) is 1. The molecule has 1 aromatic heterocycles. The molecule has 1 aliphatic heterocycles. The summed E-state index contributed by atoms with van der Waals surface area (Å²) in [6.07, 6.45) is 0.666. The third-order valence-corrected chi connectivity index (χ3v) is 6.22. The van der Waals surface area contributed by atoms with Gasteiger partial charge in [-0.05, 0) is 25.5 Å². The van der Waals surface area contributed by atoms with Crippen LogP contribution in [0, 0.1) is 0 Å². The predicted molar refractivity (Wildman–Crippen MR) is 74.2 cm³/mol. The lowest BCUT2D eigenvalue weighted by Crippen LogP contribution is -2.42. The minimum atomic E-state index is -2.91. The summed E-state index contributed by atoms with van der Waals surface area (Å²) < 4.78 is 23.0. The van der Waals surface area contributed by atoms with Crippen LogP contribution in [0.4, 0.5) is 0 Å². The molecule has 0 saturated carbocycles. The topological polar surface area (TPSA) is 83.5 Å². The van der Waals surface area contributed by atoms with Gasteiger partial charge in [-0.25, -0.2) is 8.42 Å². The smallest absolute Gasteiger partial charge is 0.308 e. The van der Waals surface area contributed by atoms with Gasteiger partial charge in [0.2, 0.25) is 0 Å². The second-order valence-electron chi connectivity index (χ2n) is 5.19. The average molecular weight is 303 g/mol. The van der Waals surface area contributed by atoms with Crippen LogP contribution in [0.5, 0.6) is 0 Å². The Balaban J connectivity index is 1.92. The van der Waals surface area contributed by atoms with E-state index in [0.29, 0.717) is 13.0 Å². The Kier molecular flexibility index (Phi) is 3.98. The lowest BCUT2D eigenvalue weighted by atomic mass is 10.0. The van der Waals surface area contributed by atoms with E-state index in [0.717, 1.165) is 9.75 Å². The summed E-state index contributed by atoms with van der Waals surface area (Å²) in [6, 6.07) is 3.70.